The van der Waals surface area contributed by atoms with Crippen LogP contribution in [0.15, 0.2) is 42.5 Å². The summed E-state index contributed by atoms with van der Waals surface area (Å²) in [5.41, 5.74) is 7.14. The molecule has 0 radical (unpaired) electrons. The Morgan fingerprint density at radius 1 is 1.11 bits per heavy atom. The Labute approximate surface area is 163 Å². The number of hydrogen-bond acceptors (Lipinski definition) is 4. The first-order valence-corrected chi connectivity index (χ1v) is 8.61. The summed E-state index contributed by atoms with van der Waals surface area (Å²) in [5.74, 6) is -2.45. The average molecular weight is 393 g/mol. The van der Waals surface area contributed by atoms with Gasteiger partial charge in [-0.05, 0) is 44.0 Å². The number of rotatable bonds is 4. The molecule has 0 fully saturated rings. The fourth-order valence-electron chi connectivity index (χ4n) is 2.31. The maximum atomic E-state index is 13.8. The van der Waals surface area contributed by atoms with Crippen LogP contribution in [0.1, 0.15) is 45.7 Å². The molecule has 7 heteroatoms. The maximum absolute atomic E-state index is 13.8. The second-order valence-electron chi connectivity index (χ2n) is 7.16. The second-order valence-corrected chi connectivity index (χ2v) is 7.16. The number of nitrogens with two attached hydrogens (primary N) is 1. The predicted octanol–water partition coefficient (Wildman–Crippen LogP) is 4.45. The molecule has 28 heavy (non-hydrogen) atoms. The van der Waals surface area contributed by atoms with Gasteiger partial charge in [-0.15, -0.1) is 0 Å². The van der Waals surface area contributed by atoms with Gasteiger partial charge in [0.2, 0.25) is 0 Å². The average Bonchev–Trinajstić information content (AvgIpc) is 2.52. The van der Waals surface area contributed by atoms with Crippen LogP contribution in [0.2, 0.25) is 0 Å². The zero-order valence-corrected chi connectivity index (χ0v) is 16.3. The minimum atomic E-state index is -0.833. The van der Waals surface area contributed by atoms with E-state index in [-0.39, 0.29) is 12.4 Å². The van der Waals surface area contributed by atoms with Gasteiger partial charge >= 0.3 is 5.97 Å². The van der Waals surface area contributed by atoms with E-state index in [0.717, 1.165) is 18.6 Å². The van der Waals surface area contributed by atoms with E-state index in [1.807, 2.05) is 0 Å². The van der Waals surface area contributed by atoms with Crippen molar-refractivity contribution in [2.24, 2.45) is 5.73 Å². The lowest BCUT2D eigenvalue weighted by atomic mass is 9.99. The van der Waals surface area contributed by atoms with Crippen molar-refractivity contribution in [3.8, 4) is 11.1 Å². The molecule has 0 amide bonds. The molecule has 0 saturated carbocycles. The van der Waals surface area contributed by atoms with Crippen LogP contribution in [-0.2, 0) is 14.3 Å². The highest BCUT2D eigenvalue weighted by Crippen LogP contribution is 2.25. The van der Waals surface area contributed by atoms with Crippen molar-refractivity contribution in [3.63, 3.8) is 0 Å². The lowest BCUT2D eigenvalue weighted by Crippen LogP contribution is -2.26. The normalized spacial score (nSPS) is 11.8. The first kappa shape index (κ1) is 23.2. The lowest BCUT2D eigenvalue weighted by Gasteiger charge is -2.21. The summed E-state index contributed by atoms with van der Waals surface area (Å²) in [6, 6.07) is 9.78. The maximum Gasteiger partial charge on any atom is 0.308 e. The van der Waals surface area contributed by atoms with Gasteiger partial charge in [0.15, 0.2) is 0 Å². The van der Waals surface area contributed by atoms with E-state index >= 15 is 0 Å². The topological polar surface area (TPSA) is 89.6 Å². The number of esters is 1. The molecule has 1 atom stereocenters. The first-order chi connectivity index (χ1) is 12.9. The van der Waals surface area contributed by atoms with E-state index in [1.165, 1.54) is 12.1 Å². The van der Waals surface area contributed by atoms with Gasteiger partial charge < -0.3 is 15.6 Å². The van der Waals surface area contributed by atoms with Crippen LogP contribution in [0.25, 0.3) is 11.1 Å². The molecular weight excluding hydrogens is 368 g/mol. The van der Waals surface area contributed by atoms with Gasteiger partial charge in [0.05, 0.1) is 6.42 Å². The lowest BCUT2D eigenvalue weighted by molar-refractivity contribution is -0.155. The minimum absolute atomic E-state index is 0.0571. The molecule has 152 valence electrons. The molecule has 0 bridgehead atoms. The zero-order valence-electron chi connectivity index (χ0n) is 16.3. The third-order valence-corrected chi connectivity index (χ3v) is 3.39. The van der Waals surface area contributed by atoms with E-state index < -0.39 is 29.2 Å². The highest BCUT2D eigenvalue weighted by Gasteiger charge is 2.19. The van der Waals surface area contributed by atoms with Crippen molar-refractivity contribution >= 4 is 11.9 Å². The number of ether oxygens (including phenoxy) is 1. The SMILES string of the molecule is CC(=O)O.CC(C)(C)OC(=O)CC(N)c1ccc(-c2ccc(F)cc2F)cc1. The molecule has 2 aromatic carbocycles. The Bertz CT molecular complexity index is 810. The van der Waals surface area contributed by atoms with Gasteiger partial charge in [-0.3, -0.25) is 9.59 Å². The zero-order chi connectivity index (χ0) is 21.5. The smallest absolute Gasteiger partial charge is 0.308 e. The fourth-order valence-corrected chi connectivity index (χ4v) is 2.31. The van der Waals surface area contributed by atoms with Crippen LogP contribution in [0.4, 0.5) is 8.78 Å². The predicted molar refractivity (Wildman–Crippen MR) is 102 cm³/mol. The number of carbonyl (C=O) groups excluding carboxylic acids is 1. The molecule has 5 nitrogen and oxygen atoms in total. The van der Waals surface area contributed by atoms with Gasteiger partial charge in [-0.25, -0.2) is 8.78 Å². The molecule has 0 spiro atoms. The number of carboxylic acids is 1. The van der Waals surface area contributed by atoms with Gasteiger partial charge in [-0.1, -0.05) is 24.3 Å². The Balaban J connectivity index is 0.000000892. The van der Waals surface area contributed by atoms with E-state index in [2.05, 4.69) is 0 Å². The Kier molecular flexibility index (Phi) is 8.25. The summed E-state index contributed by atoms with van der Waals surface area (Å²) < 4.78 is 32.0. The van der Waals surface area contributed by atoms with E-state index in [1.54, 1.807) is 45.0 Å². The fraction of sp³-hybridized carbons (Fsp3) is 0.333. The largest absolute Gasteiger partial charge is 0.481 e. The third kappa shape index (κ3) is 8.26. The summed E-state index contributed by atoms with van der Waals surface area (Å²) >= 11 is 0. The minimum Gasteiger partial charge on any atom is -0.481 e. The van der Waals surface area contributed by atoms with Crippen molar-refractivity contribution in [3.05, 3.63) is 59.7 Å². The van der Waals surface area contributed by atoms with Gasteiger partial charge in [0.1, 0.15) is 17.2 Å². The van der Waals surface area contributed by atoms with Crippen LogP contribution >= 0.6 is 0 Å². The standard InChI is InChI=1S/C19H21F2NO2.C2H4O2/c1-19(2,3)24-18(23)11-17(22)13-6-4-12(5-7-13)15-9-8-14(20)10-16(15)21;1-2(3)4/h4-10,17H,11,22H2,1-3H3;1H3,(H,3,4). The summed E-state index contributed by atoms with van der Waals surface area (Å²) in [5, 5.41) is 7.42. The van der Waals surface area contributed by atoms with Crippen molar-refractivity contribution < 1.29 is 28.2 Å². The van der Waals surface area contributed by atoms with E-state index in [9.17, 15) is 13.6 Å². The molecule has 2 rings (SSSR count). The highest BCUT2D eigenvalue weighted by atomic mass is 19.1. The number of benzene rings is 2. The molecule has 0 aliphatic carbocycles. The molecule has 0 aromatic heterocycles. The molecule has 2 aromatic rings. The summed E-state index contributed by atoms with van der Waals surface area (Å²) in [4.78, 5) is 20.8. The van der Waals surface area contributed by atoms with E-state index in [4.69, 9.17) is 20.4 Å². The summed E-state index contributed by atoms with van der Waals surface area (Å²) in [6.07, 6.45) is 0.0571. The highest BCUT2D eigenvalue weighted by molar-refractivity contribution is 5.71. The Morgan fingerprint density at radius 3 is 2.11 bits per heavy atom. The molecule has 0 heterocycles. The van der Waals surface area contributed by atoms with Crippen LogP contribution < -0.4 is 5.73 Å². The summed E-state index contributed by atoms with van der Waals surface area (Å²) in [7, 11) is 0. The molecule has 1 unspecified atom stereocenters. The first-order valence-electron chi connectivity index (χ1n) is 8.61. The molecule has 0 saturated heterocycles. The van der Waals surface area contributed by atoms with Gasteiger partial charge in [0.25, 0.3) is 5.97 Å². The Hall–Kier alpha value is -2.80. The van der Waals surface area contributed by atoms with Crippen LogP contribution in [0, 0.1) is 11.6 Å². The third-order valence-electron chi connectivity index (χ3n) is 3.39. The van der Waals surface area contributed by atoms with Crippen LogP contribution in [-0.4, -0.2) is 22.6 Å². The molecule has 0 aliphatic rings. The van der Waals surface area contributed by atoms with Gasteiger partial charge in [0, 0.05) is 24.6 Å². The number of carboxylic acid groups (broad SMARTS) is 1. The van der Waals surface area contributed by atoms with E-state index in [0.29, 0.717) is 11.1 Å². The van der Waals surface area contributed by atoms with Gasteiger partial charge in [-0.2, -0.15) is 0 Å². The van der Waals surface area contributed by atoms with Crippen molar-refractivity contribution in [1.29, 1.82) is 0 Å². The molecule has 3 N–H and O–H groups in total. The van der Waals surface area contributed by atoms with Crippen molar-refractivity contribution in [1.82, 2.24) is 0 Å². The van der Waals surface area contributed by atoms with Crippen LogP contribution in [0.5, 0.6) is 0 Å². The molecule has 0 aliphatic heterocycles. The quantitative estimate of drug-likeness (QED) is 0.749. The second kappa shape index (κ2) is 9.94. The summed E-state index contributed by atoms with van der Waals surface area (Å²) in [6.45, 7) is 6.47. The number of aliphatic carboxylic acids is 1. The number of halogens is 2. The number of carbonyl (C=O) groups is 2. The van der Waals surface area contributed by atoms with Crippen molar-refractivity contribution in [2.45, 2.75) is 45.8 Å². The number of hydrogen-bond donors (Lipinski definition) is 2. The van der Waals surface area contributed by atoms with Crippen molar-refractivity contribution in [2.75, 3.05) is 0 Å². The monoisotopic (exact) mass is 393 g/mol. The van der Waals surface area contributed by atoms with Crippen LogP contribution in [0.3, 0.4) is 0 Å². The molecular formula is C21H25F2NO4. The Morgan fingerprint density at radius 2 is 1.64 bits per heavy atom.